The average molecular weight is 386 g/mol. The summed E-state index contributed by atoms with van der Waals surface area (Å²) in [7, 11) is 0. The molecule has 1 N–H and O–H groups in total. The van der Waals surface area contributed by atoms with E-state index in [1.165, 1.54) is 16.2 Å². The molecule has 3 aromatic rings. The second-order valence-electron chi connectivity index (χ2n) is 6.34. The number of H-pyrrole nitrogens is 1. The highest BCUT2D eigenvalue weighted by Gasteiger charge is 2.21. The lowest BCUT2D eigenvalue weighted by Crippen LogP contribution is -2.20. The summed E-state index contributed by atoms with van der Waals surface area (Å²) >= 11 is 3.09. The van der Waals surface area contributed by atoms with Crippen LogP contribution in [0.25, 0.3) is 20.7 Å². The summed E-state index contributed by atoms with van der Waals surface area (Å²) in [5.41, 5.74) is 0.721. The zero-order valence-electron chi connectivity index (χ0n) is 14.3. The van der Waals surface area contributed by atoms with Crippen LogP contribution in [0, 0.1) is 12.8 Å². The lowest BCUT2D eigenvalue weighted by atomic mass is 9.95. The Morgan fingerprint density at radius 3 is 3.00 bits per heavy atom. The van der Waals surface area contributed by atoms with Crippen molar-refractivity contribution >= 4 is 38.9 Å². The summed E-state index contributed by atoms with van der Waals surface area (Å²) in [6.45, 7) is 2.04. The molecule has 7 heteroatoms. The van der Waals surface area contributed by atoms with Crippen molar-refractivity contribution < 1.29 is 9.53 Å². The molecule has 0 aliphatic heterocycles. The van der Waals surface area contributed by atoms with Gasteiger partial charge in [-0.05, 0) is 38.3 Å². The molecule has 26 heavy (non-hydrogen) atoms. The molecule has 134 valence electrons. The number of carbonyl (C=O) groups is 1. The Labute approximate surface area is 158 Å². The van der Waals surface area contributed by atoms with E-state index in [-0.39, 0.29) is 24.1 Å². The molecule has 3 aromatic heterocycles. The van der Waals surface area contributed by atoms with E-state index in [1.54, 1.807) is 11.3 Å². The summed E-state index contributed by atoms with van der Waals surface area (Å²) in [6.07, 6.45) is 6.53. The van der Waals surface area contributed by atoms with E-state index in [2.05, 4.69) is 16.0 Å². The summed E-state index contributed by atoms with van der Waals surface area (Å²) < 4.78 is 5.37. The molecule has 1 atom stereocenters. The molecule has 0 unspecified atom stereocenters. The topological polar surface area (TPSA) is 72.0 Å². The van der Waals surface area contributed by atoms with Crippen LogP contribution in [0.5, 0.6) is 0 Å². The van der Waals surface area contributed by atoms with E-state index in [0.29, 0.717) is 16.0 Å². The maximum atomic E-state index is 12.6. The third-order valence-electron chi connectivity index (χ3n) is 4.45. The van der Waals surface area contributed by atoms with E-state index >= 15 is 0 Å². The Kier molecular flexibility index (Phi) is 4.74. The summed E-state index contributed by atoms with van der Waals surface area (Å²) in [5, 5.41) is 2.56. The van der Waals surface area contributed by atoms with Crippen molar-refractivity contribution in [3.05, 3.63) is 50.7 Å². The van der Waals surface area contributed by atoms with Crippen molar-refractivity contribution in [2.24, 2.45) is 5.92 Å². The van der Waals surface area contributed by atoms with Crippen LogP contribution in [-0.2, 0) is 16.1 Å². The highest BCUT2D eigenvalue weighted by molar-refractivity contribution is 7.19. The molecular weight excluding hydrogens is 368 g/mol. The first kappa shape index (κ1) is 17.2. The van der Waals surface area contributed by atoms with Crippen LogP contribution >= 0.6 is 22.7 Å². The van der Waals surface area contributed by atoms with Gasteiger partial charge in [0.25, 0.3) is 5.56 Å². The number of hydrogen-bond acceptors (Lipinski definition) is 6. The Balaban J connectivity index is 1.55. The molecule has 0 fully saturated rings. The number of esters is 1. The monoisotopic (exact) mass is 386 g/mol. The van der Waals surface area contributed by atoms with Gasteiger partial charge in [-0.15, -0.1) is 22.7 Å². The smallest absolute Gasteiger partial charge is 0.309 e. The average Bonchev–Trinajstić information content (AvgIpc) is 3.26. The number of aromatic nitrogens is 2. The van der Waals surface area contributed by atoms with Crippen molar-refractivity contribution in [2.45, 2.75) is 32.8 Å². The van der Waals surface area contributed by atoms with Gasteiger partial charge in [0.15, 0.2) is 0 Å². The number of hydrogen-bond donors (Lipinski definition) is 1. The van der Waals surface area contributed by atoms with Gasteiger partial charge in [0.05, 0.1) is 11.3 Å². The van der Waals surface area contributed by atoms with Crippen LogP contribution in [0.4, 0.5) is 0 Å². The van der Waals surface area contributed by atoms with Gasteiger partial charge in [-0.25, -0.2) is 4.98 Å². The SMILES string of the molecule is Cc1ccc(-c2csc3nc(COC(=O)[C@@H]4CC=CCC4)[nH]c(=O)c23)s1. The van der Waals surface area contributed by atoms with E-state index < -0.39 is 0 Å². The van der Waals surface area contributed by atoms with Gasteiger partial charge in [-0.1, -0.05) is 12.2 Å². The summed E-state index contributed by atoms with van der Waals surface area (Å²) in [4.78, 5) is 34.9. The zero-order valence-corrected chi connectivity index (χ0v) is 15.9. The van der Waals surface area contributed by atoms with Crippen LogP contribution in [-0.4, -0.2) is 15.9 Å². The zero-order chi connectivity index (χ0) is 18.1. The van der Waals surface area contributed by atoms with Crippen molar-refractivity contribution in [2.75, 3.05) is 0 Å². The minimum Gasteiger partial charge on any atom is -0.457 e. The predicted molar refractivity (Wildman–Crippen MR) is 105 cm³/mol. The number of rotatable bonds is 4. The normalized spacial score (nSPS) is 16.9. The van der Waals surface area contributed by atoms with Crippen molar-refractivity contribution in [3.8, 4) is 10.4 Å². The van der Waals surface area contributed by atoms with Crippen LogP contribution in [0.2, 0.25) is 0 Å². The highest BCUT2D eigenvalue weighted by atomic mass is 32.1. The van der Waals surface area contributed by atoms with E-state index in [9.17, 15) is 9.59 Å². The minimum atomic E-state index is -0.224. The second-order valence-corrected chi connectivity index (χ2v) is 8.49. The molecule has 0 saturated carbocycles. The molecule has 0 spiro atoms. The van der Waals surface area contributed by atoms with Gasteiger partial charge in [0, 0.05) is 20.7 Å². The van der Waals surface area contributed by atoms with Gasteiger partial charge in [-0.3, -0.25) is 9.59 Å². The van der Waals surface area contributed by atoms with E-state index in [1.807, 2.05) is 30.5 Å². The molecule has 1 aliphatic rings. The quantitative estimate of drug-likeness (QED) is 0.532. The molecule has 0 radical (unpaired) electrons. The predicted octanol–water partition coefficient (Wildman–Crippen LogP) is 4.42. The molecule has 0 saturated heterocycles. The fourth-order valence-corrected chi connectivity index (χ4v) is 5.01. The Hall–Kier alpha value is -2.25. The maximum Gasteiger partial charge on any atom is 0.309 e. The lowest BCUT2D eigenvalue weighted by Gasteiger charge is -2.16. The Bertz CT molecular complexity index is 1040. The largest absolute Gasteiger partial charge is 0.457 e. The van der Waals surface area contributed by atoms with Crippen molar-refractivity contribution in [3.63, 3.8) is 0 Å². The second kappa shape index (κ2) is 7.17. The molecule has 0 aromatic carbocycles. The number of aryl methyl sites for hydroxylation is 1. The fraction of sp³-hybridized carbons (Fsp3) is 0.316. The molecule has 1 aliphatic carbocycles. The van der Waals surface area contributed by atoms with Gasteiger partial charge in [0.2, 0.25) is 0 Å². The molecule has 4 rings (SSSR count). The number of ether oxygens (including phenoxy) is 1. The van der Waals surface area contributed by atoms with Crippen molar-refractivity contribution in [1.82, 2.24) is 9.97 Å². The molecular formula is C19H18N2O3S2. The number of nitrogens with one attached hydrogen (secondary N) is 1. The first-order valence-electron chi connectivity index (χ1n) is 8.50. The standard InChI is InChI=1S/C19H18N2O3S2/c1-11-7-8-14(26-11)13-10-25-18-16(13)17(22)20-15(21-18)9-24-19(23)12-5-3-2-4-6-12/h2-3,7-8,10,12H,4-6,9H2,1H3,(H,20,21,22)/t12-/m1/s1. The summed E-state index contributed by atoms with van der Waals surface area (Å²) in [6, 6.07) is 4.06. The summed E-state index contributed by atoms with van der Waals surface area (Å²) in [5.74, 6) is 0.0712. The molecule has 0 bridgehead atoms. The van der Waals surface area contributed by atoms with Gasteiger partial charge in [0.1, 0.15) is 17.3 Å². The number of thiophene rings is 2. The lowest BCUT2D eigenvalue weighted by molar-refractivity contribution is -0.150. The number of nitrogens with zero attached hydrogens (tertiary/aromatic N) is 1. The van der Waals surface area contributed by atoms with E-state index in [0.717, 1.165) is 29.7 Å². The van der Waals surface area contributed by atoms with Crippen LogP contribution in [0.3, 0.4) is 0 Å². The van der Waals surface area contributed by atoms with E-state index in [4.69, 9.17) is 4.74 Å². The number of allylic oxidation sites excluding steroid dienone is 2. The Morgan fingerprint density at radius 1 is 1.38 bits per heavy atom. The first-order chi connectivity index (χ1) is 12.6. The van der Waals surface area contributed by atoms with Gasteiger partial charge in [-0.2, -0.15) is 0 Å². The maximum absolute atomic E-state index is 12.6. The molecule has 0 amide bonds. The number of fused-ring (bicyclic) bond motifs is 1. The van der Waals surface area contributed by atoms with Crippen LogP contribution < -0.4 is 5.56 Å². The third kappa shape index (κ3) is 3.37. The van der Waals surface area contributed by atoms with Crippen LogP contribution in [0.15, 0.2) is 34.5 Å². The van der Waals surface area contributed by atoms with Crippen molar-refractivity contribution in [1.29, 1.82) is 0 Å². The highest BCUT2D eigenvalue weighted by Crippen LogP contribution is 2.35. The van der Waals surface area contributed by atoms with Crippen LogP contribution in [0.1, 0.15) is 30.0 Å². The molecule has 3 heterocycles. The minimum absolute atomic E-state index is 0.00439. The molecule has 5 nitrogen and oxygen atoms in total. The number of aromatic amines is 1. The fourth-order valence-electron chi connectivity index (χ4n) is 3.09. The Morgan fingerprint density at radius 2 is 2.27 bits per heavy atom. The number of carbonyl (C=O) groups excluding carboxylic acids is 1. The van der Waals surface area contributed by atoms with Gasteiger partial charge >= 0.3 is 5.97 Å². The van der Waals surface area contributed by atoms with Gasteiger partial charge < -0.3 is 9.72 Å². The first-order valence-corrected chi connectivity index (χ1v) is 10.2. The third-order valence-corrected chi connectivity index (χ3v) is 6.36.